The van der Waals surface area contributed by atoms with Crippen molar-refractivity contribution < 1.29 is 14.8 Å². The zero-order valence-electron chi connectivity index (χ0n) is 11.2. The predicted molar refractivity (Wildman–Crippen MR) is 78.2 cm³/mol. The van der Waals surface area contributed by atoms with E-state index in [1.807, 2.05) is 30.3 Å². The summed E-state index contributed by atoms with van der Waals surface area (Å²) in [4.78, 5) is 22.1. The molecule has 2 rings (SSSR count). The highest BCUT2D eigenvalue weighted by atomic mass is 16.6. The van der Waals surface area contributed by atoms with Gasteiger partial charge < -0.3 is 10.4 Å². The van der Waals surface area contributed by atoms with E-state index >= 15 is 0 Å². The monoisotopic (exact) mass is 286 g/mol. The van der Waals surface area contributed by atoms with Gasteiger partial charge in [0.1, 0.15) is 5.75 Å². The van der Waals surface area contributed by atoms with Crippen molar-refractivity contribution in [1.29, 1.82) is 0 Å². The van der Waals surface area contributed by atoms with Crippen LogP contribution in [0.5, 0.6) is 5.75 Å². The van der Waals surface area contributed by atoms with Crippen molar-refractivity contribution in [3.63, 3.8) is 0 Å². The minimum absolute atomic E-state index is 0.166. The number of nitro groups is 1. The molecule has 0 saturated heterocycles. The van der Waals surface area contributed by atoms with E-state index in [2.05, 4.69) is 5.32 Å². The van der Waals surface area contributed by atoms with Gasteiger partial charge in [-0.2, -0.15) is 0 Å². The number of nitro benzene ring substituents is 1. The number of phenolic OH excluding ortho intramolecular Hbond substituents is 1. The number of carbonyl (C=O) groups excluding carboxylic acids is 1. The Labute approximate surface area is 121 Å². The summed E-state index contributed by atoms with van der Waals surface area (Å²) in [6, 6.07) is 13.3. The molecule has 0 heterocycles. The van der Waals surface area contributed by atoms with Crippen LogP contribution in [0.25, 0.3) is 0 Å². The fourth-order valence-corrected chi connectivity index (χ4v) is 1.91. The van der Waals surface area contributed by atoms with Crippen LogP contribution in [0.1, 0.15) is 12.0 Å². The van der Waals surface area contributed by atoms with Crippen LogP contribution in [0.4, 0.5) is 11.4 Å². The molecule has 0 aliphatic carbocycles. The molecule has 0 unspecified atom stereocenters. The number of nitrogens with one attached hydrogen (secondary N) is 1. The average Bonchev–Trinajstić information content (AvgIpc) is 2.48. The topological polar surface area (TPSA) is 92.5 Å². The first kappa shape index (κ1) is 14.5. The molecule has 0 radical (unpaired) electrons. The van der Waals surface area contributed by atoms with Crippen molar-refractivity contribution in [2.45, 2.75) is 12.8 Å². The van der Waals surface area contributed by atoms with Crippen molar-refractivity contribution in [3.8, 4) is 5.75 Å². The first-order valence-corrected chi connectivity index (χ1v) is 6.38. The van der Waals surface area contributed by atoms with E-state index in [9.17, 15) is 20.0 Å². The molecule has 0 aliphatic rings. The van der Waals surface area contributed by atoms with E-state index in [-0.39, 0.29) is 29.5 Å². The molecule has 1 amide bonds. The molecule has 0 fully saturated rings. The molecule has 0 aliphatic heterocycles. The van der Waals surface area contributed by atoms with E-state index < -0.39 is 4.92 Å². The van der Waals surface area contributed by atoms with Gasteiger partial charge in [0, 0.05) is 12.5 Å². The van der Waals surface area contributed by atoms with Crippen LogP contribution in [0.15, 0.2) is 48.5 Å². The van der Waals surface area contributed by atoms with Gasteiger partial charge in [-0.1, -0.05) is 36.4 Å². The number of anilines is 1. The molecular formula is C15H14N2O4. The molecule has 0 bridgehead atoms. The van der Waals surface area contributed by atoms with E-state index in [0.717, 1.165) is 5.56 Å². The Hall–Kier alpha value is -2.89. The number of carbonyl (C=O) groups is 1. The minimum Gasteiger partial charge on any atom is -0.505 e. The molecule has 0 spiro atoms. The third-order valence-corrected chi connectivity index (χ3v) is 2.97. The van der Waals surface area contributed by atoms with Gasteiger partial charge in [0.25, 0.3) is 5.69 Å². The summed E-state index contributed by atoms with van der Waals surface area (Å²) in [5.41, 5.74) is 0.503. The maximum atomic E-state index is 11.9. The third kappa shape index (κ3) is 3.79. The summed E-state index contributed by atoms with van der Waals surface area (Å²) in [6.07, 6.45) is 0.698. The summed E-state index contributed by atoms with van der Waals surface area (Å²) in [7, 11) is 0. The normalized spacial score (nSPS) is 10.1. The highest BCUT2D eigenvalue weighted by Gasteiger charge is 2.19. The third-order valence-electron chi connectivity index (χ3n) is 2.97. The number of aromatic hydroxyl groups is 1. The van der Waals surface area contributed by atoms with Gasteiger partial charge >= 0.3 is 0 Å². The summed E-state index contributed by atoms with van der Waals surface area (Å²) in [5.74, 6) is -0.708. The largest absolute Gasteiger partial charge is 0.505 e. The number of hydrogen-bond acceptors (Lipinski definition) is 4. The van der Waals surface area contributed by atoms with Gasteiger partial charge in [0.2, 0.25) is 5.91 Å². The number of aryl methyl sites for hydroxylation is 1. The fourth-order valence-electron chi connectivity index (χ4n) is 1.91. The highest BCUT2D eigenvalue weighted by Crippen LogP contribution is 2.33. The number of para-hydroxylation sites is 1. The minimum atomic E-state index is -0.646. The summed E-state index contributed by atoms with van der Waals surface area (Å²) < 4.78 is 0. The summed E-state index contributed by atoms with van der Waals surface area (Å²) >= 11 is 0. The predicted octanol–water partition coefficient (Wildman–Crippen LogP) is 2.87. The van der Waals surface area contributed by atoms with Gasteiger partial charge in [0.05, 0.1) is 4.92 Å². The average molecular weight is 286 g/mol. The number of hydrogen-bond donors (Lipinski definition) is 2. The molecule has 0 saturated carbocycles. The van der Waals surface area contributed by atoms with Crippen LogP contribution in [-0.4, -0.2) is 15.9 Å². The molecule has 21 heavy (non-hydrogen) atoms. The second-order valence-electron chi connectivity index (χ2n) is 4.46. The van der Waals surface area contributed by atoms with E-state index in [0.29, 0.717) is 6.42 Å². The molecule has 2 N–H and O–H groups in total. The van der Waals surface area contributed by atoms with Crippen LogP contribution in [0.3, 0.4) is 0 Å². The Morgan fingerprint density at radius 2 is 1.86 bits per heavy atom. The number of benzene rings is 2. The van der Waals surface area contributed by atoms with E-state index in [1.54, 1.807) is 0 Å². The molecule has 2 aromatic rings. The quantitative estimate of drug-likeness (QED) is 0.502. The van der Waals surface area contributed by atoms with Gasteiger partial charge in [-0.25, -0.2) is 0 Å². The lowest BCUT2D eigenvalue weighted by atomic mass is 10.1. The number of rotatable bonds is 5. The van der Waals surface area contributed by atoms with Crippen molar-refractivity contribution in [3.05, 3.63) is 64.2 Å². The lowest BCUT2D eigenvalue weighted by Gasteiger charge is -2.07. The molecule has 6 nitrogen and oxygen atoms in total. The van der Waals surface area contributed by atoms with Crippen molar-refractivity contribution in [2.75, 3.05) is 5.32 Å². The van der Waals surface area contributed by atoms with Crippen molar-refractivity contribution in [2.24, 2.45) is 0 Å². The molecule has 6 heteroatoms. The highest BCUT2D eigenvalue weighted by molar-refractivity contribution is 5.95. The fraction of sp³-hybridized carbons (Fsp3) is 0.133. The van der Waals surface area contributed by atoms with Crippen molar-refractivity contribution >= 4 is 17.3 Å². The van der Waals surface area contributed by atoms with E-state index in [1.165, 1.54) is 18.2 Å². The lowest BCUT2D eigenvalue weighted by molar-refractivity contribution is -0.384. The van der Waals surface area contributed by atoms with Crippen LogP contribution in [0.2, 0.25) is 0 Å². The second kappa shape index (κ2) is 6.51. The smallest absolute Gasteiger partial charge is 0.296 e. The molecular weight excluding hydrogens is 272 g/mol. The Morgan fingerprint density at radius 3 is 2.52 bits per heavy atom. The Balaban J connectivity index is 2.05. The summed E-state index contributed by atoms with van der Waals surface area (Å²) in [5, 5.41) is 22.9. The van der Waals surface area contributed by atoms with Crippen molar-refractivity contribution in [1.82, 2.24) is 0 Å². The number of nitrogens with zero attached hydrogens (tertiary/aromatic N) is 1. The molecule has 108 valence electrons. The van der Waals surface area contributed by atoms with Gasteiger partial charge in [-0.05, 0) is 18.1 Å². The zero-order valence-corrected chi connectivity index (χ0v) is 11.2. The Bertz CT molecular complexity index is 656. The van der Waals surface area contributed by atoms with Gasteiger partial charge in [-0.3, -0.25) is 14.9 Å². The number of amides is 1. The molecule has 2 aromatic carbocycles. The zero-order chi connectivity index (χ0) is 15.2. The SMILES string of the molecule is O=C(CCc1ccccc1)Nc1c(O)cccc1[N+](=O)[O-]. The lowest BCUT2D eigenvalue weighted by Crippen LogP contribution is -2.13. The van der Waals surface area contributed by atoms with Crippen LogP contribution in [0, 0.1) is 10.1 Å². The maximum Gasteiger partial charge on any atom is 0.296 e. The van der Waals surface area contributed by atoms with Crippen LogP contribution < -0.4 is 5.32 Å². The first-order chi connectivity index (χ1) is 10.1. The Kier molecular flexibility index (Phi) is 4.50. The molecule has 0 atom stereocenters. The summed E-state index contributed by atoms with van der Waals surface area (Å²) in [6.45, 7) is 0. The van der Waals surface area contributed by atoms with Crippen LogP contribution in [-0.2, 0) is 11.2 Å². The van der Waals surface area contributed by atoms with E-state index in [4.69, 9.17) is 0 Å². The second-order valence-corrected chi connectivity index (χ2v) is 4.46. The van der Waals surface area contributed by atoms with Crippen LogP contribution >= 0.6 is 0 Å². The number of phenols is 1. The standard InChI is InChI=1S/C15H14N2O4/c18-13-8-4-7-12(17(20)21)15(13)16-14(19)10-9-11-5-2-1-3-6-11/h1-8,18H,9-10H2,(H,16,19). The maximum absolute atomic E-state index is 11.9. The molecule has 0 aromatic heterocycles. The first-order valence-electron chi connectivity index (χ1n) is 6.38. The Morgan fingerprint density at radius 1 is 1.14 bits per heavy atom. The van der Waals surface area contributed by atoms with Gasteiger partial charge in [-0.15, -0.1) is 0 Å². The van der Waals surface area contributed by atoms with Gasteiger partial charge in [0.15, 0.2) is 5.69 Å².